The summed E-state index contributed by atoms with van der Waals surface area (Å²) in [5, 5.41) is 2.68. The first-order chi connectivity index (χ1) is 8.13. The van der Waals surface area contributed by atoms with Crippen LogP contribution in [-0.2, 0) is 14.9 Å². The zero-order valence-corrected chi connectivity index (χ0v) is 12.0. The van der Waals surface area contributed by atoms with Gasteiger partial charge in [0.1, 0.15) is 0 Å². The van der Waals surface area contributed by atoms with Crippen LogP contribution in [0.3, 0.4) is 0 Å². The molecule has 1 amide bonds. The molecule has 0 spiro atoms. The van der Waals surface area contributed by atoms with Crippen LogP contribution in [0.1, 0.15) is 33.6 Å². The molecule has 0 aromatic carbocycles. The van der Waals surface area contributed by atoms with E-state index < -0.39 is 10.1 Å². The first-order valence-corrected chi connectivity index (χ1v) is 7.43. The number of nitrogens with one attached hydrogen (secondary N) is 1. The Kier molecular flexibility index (Phi) is 7.16. The third kappa shape index (κ3) is 8.25. The fourth-order valence-corrected chi connectivity index (χ4v) is 2.50. The Balaban J connectivity index is 4.07. The minimum Gasteiger partial charge on any atom is -0.352 e. The van der Waals surface area contributed by atoms with Crippen LogP contribution in [-0.4, -0.2) is 31.2 Å². The van der Waals surface area contributed by atoms with E-state index >= 15 is 0 Å². The number of carbonyl (C=O) groups excluding carboxylic acids is 1. The number of hydrogen-bond acceptors (Lipinski definition) is 3. The van der Waals surface area contributed by atoms with Crippen molar-refractivity contribution in [3.63, 3.8) is 0 Å². The Morgan fingerprint density at radius 2 is 1.89 bits per heavy atom. The summed E-state index contributed by atoms with van der Waals surface area (Å²) in [4.78, 5) is 11.2. The maximum atomic E-state index is 11.2. The van der Waals surface area contributed by atoms with E-state index in [-0.39, 0.29) is 17.6 Å². The van der Waals surface area contributed by atoms with Crippen molar-refractivity contribution in [2.75, 3.05) is 12.3 Å². The van der Waals surface area contributed by atoms with Crippen molar-refractivity contribution in [3.05, 3.63) is 18.1 Å². The molecule has 0 saturated heterocycles. The lowest BCUT2D eigenvalue weighted by Crippen LogP contribution is -2.26. The summed E-state index contributed by atoms with van der Waals surface area (Å²) in [5.41, 5.74) is 0.447. The summed E-state index contributed by atoms with van der Waals surface area (Å²) in [6, 6.07) is 0. The molecule has 0 aliphatic heterocycles. The van der Waals surface area contributed by atoms with Gasteiger partial charge < -0.3 is 5.32 Å². The summed E-state index contributed by atoms with van der Waals surface area (Å²) < 4.78 is 30.5. The van der Waals surface area contributed by atoms with Crippen LogP contribution in [0.2, 0.25) is 0 Å². The van der Waals surface area contributed by atoms with Crippen LogP contribution in [0.5, 0.6) is 0 Å². The van der Waals surface area contributed by atoms with E-state index in [1.807, 2.05) is 13.8 Å². The van der Waals surface area contributed by atoms with E-state index in [1.54, 1.807) is 6.92 Å². The standard InChI is InChI=1S/C12H22NO4S/c1-9(2)11(8-18(15,16)17)6-5-7-13-12(14)10(3)4/h11H,3,5-8H2,1-2,4H3,(H,13,14)(H,15,16,17). The van der Waals surface area contributed by atoms with Gasteiger partial charge in [-0.1, -0.05) is 20.4 Å². The molecule has 0 heterocycles. The Morgan fingerprint density at radius 3 is 2.28 bits per heavy atom. The van der Waals surface area contributed by atoms with Crippen LogP contribution in [0.25, 0.3) is 0 Å². The highest BCUT2D eigenvalue weighted by molar-refractivity contribution is 7.85. The monoisotopic (exact) mass is 276 g/mol. The largest absolute Gasteiger partial charge is 0.352 e. The molecular weight excluding hydrogens is 254 g/mol. The van der Waals surface area contributed by atoms with Gasteiger partial charge in [-0.2, -0.15) is 8.42 Å². The van der Waals surface area contributed by atoms with E-state index in [0.717, 1.165) is 5.92 Å². The molecule has 105 valence electrons. The van der Waals surface area contributed by atoms with Crippen molar-refractivity contribution in [1.29, 1.82) is 0 Å². The van der Waals surface area contributed by atoms with Gasteiger partial charge in [0.2, 0.25) is 5.91 Å². The van der Waals surface area contributed by atoms with Crippen molar-refractivity contribution < 1.29 is 17.8 Å². The minimum absolute atomic E-state index is 0.179. The predicted octanol–water partition coefficient (Wildman–Crippen LogP) is 1.58. The van der Waals surface area contributed by atoms with Crippen molar-refractivity contribution >= 4 is 16.0 Å². The lowest BCUT2D eigenvalue weighted by molar-refractivity contribution is -0.117. The number of carbonyl (C=O) groups is 1. The molecule has 1 radical (unpaired) electrons. The zero-order chi connectivity index (χ0) is 14.3. The summed E-state index contributed by atoms with van der Waals surface area (Å²) >= 11 is 0. The summed E-state index contributed by atoms with van der Waals surface area (Å²) in [6.07, 6.45) is 1.27. The van der Waals surface area contributed by atoms with E-state index in [1.165, 1.54) is 0 Å². The fourth-order valence-electron chi connectivity index (χ4n) is 1.49. The second-order valence-corrected chi connectivity index (χ2v) is 6.20. The molecule has 0 aliphatic carbocycles. The number of amides is 1. The van der Waals surface area contributed by atoms with E-state index in [2.05, 4.69) is 11.9 Å². The third-order valence-corrected chi connectivity index (χ3v) is 3.45. The minimum atomic E-state index is -3.96. The maximum Gasteiger partial charge on any atom is 0.265 e. The molecule has 1 atom stereocenters. The van der Waals surface area contributed by atoms with Crippen molar-refractivity contribution in [1.82, 2.24) is 5.32 Å². The van der Waals surface area contributed by atoms with Gasteiger partial charge in [0.05, 0.1) is 5.75 Å². The van der Waals surface area contributed by atoms with Crippen molar-refractivity contribution in [3.8, 4) is 0 Å². The molecule has 2 N–H and O–H groups in total. The topological polar surface area (TPSA) is 83.5 Å². The summed E-state index contributed by atoms with van der Waals surface area (Å²) in [5.74, 6) is 0.322. The average Bonchev–Trinajstić information content (AvgIpc) is 2.19. The van der Waals surface area contributed by atoms with Crippen molar-refractivity contribution in [2.45, 2.75) is 33.6 Å². The third-order valence-electron chi connectivity index (χ3n) is 2.63. The molecule has 0 aromatic rings. The van der Waals surface area contributed by atoms with Gasteiger partial charge in [0.25, 0.3) is 10.1 Å². The Labute approximate surface area is 109 Å². The lowest BCUT2D eigenvalue weighted by atomic mass is 9.93. The number of hydrogen-bond donors (Lipinski definition) is 2. The summed E-state index contributed by atoms with van der Waals surface area (Å²) in [7, 11) is -3.96. The van der Waals surface area contributed by atoms with E-state index in [9.17, 15) is 13.2 Å². The Hall–Kier alpha value is -0.880. The van der Waals surface area contributed by atoms with Gasteiger partial charge in [-0.3, -0.25) is 9.35 Å². The molecule has 0 rings (SSSR count). The highest BCUT2D eigenvalue weighted by atomic mass is 32.2. The second-order valence-electron chi connectivity index (χ2n) is 4.70. The molecule has 5 nitrogen and oxygen atoms in total. The molecule has 1 unspecified atom stereocenters. The SMILES string of the molecule is C=C(C)C(=O)NCCCC(CS(=O)(=O)O)[C](C)C. The first kappa shape index (κ1) is 17.1. The Bertz CT molecular complexity index is 387. The lowest BCUT2D eigenvalue weighted by Gasteiger charge is -2.18. The van der Waals surface area contributed by atoms with E-state index in [4.69, 9.17) is 4.55 Å². The molecule has 0 bridgehead atoms. The quantitative estimate of drug-likeness (QED) is 0.400. The zero-order valence-electron chi connectivity index (χ0n) is 11.2. The molecule has 0 saturated carbocycles. The van der Waals surface area contributed by atoms with Crippen LogP contribution in [0, 0.1) is 11.8 Å². The van der Waals surface area contributed by atoms with Gasteiger partial charge in [0, 0.05) is 12.1 Å². The molecule has 6 heteroatoms. The van der Waals surface area contributed by atoms with Gasteiger partial charge in [-0.05, 0) is 31.6 Å². The van der Waals surface area contributed by atoms with Gasteiger partial charge in [-0.15, -0.1) is 0 Å². The molecule has 0 fully saturated rings. The van der Waals surface area contributed by atoms with Crippen molar-refractivity contribution in [2.24, 2.45) is 5.92 Å². The molecular formula is C12H22NO4S. The molecule has 18 heavy (non-hydrogen) atoms. The first-order valence-electron chi connectivity index (χ1n) is 5.82. The van der Waals surface area contributed by atoms with Gasteiger partial charge in [-0.25, -0.2) is 0 Å². The normalized spacial score (nSPS) is 13.4. The Morgan fingerprint density at radius 1 is 1.33 bits per heavy atom. The molecule has 0 aliphatic rings. The molecule has 0 aromatic heterocycles. The summed E-state index contributed by atoms with van der Waals surface area (Å²) in [6.45, 7) is 9.29. The van der Waals surface area contributed by atoms with Crippen LogP contribution < -0.4 is 5.32 Å². The number of rotatable bonds is 8. The van der Waals surface area contributed by atoms with Gasteiger partial charge >= 0.3 is 0 Å². The second kappa shape index (κ2) is 7.53. The predicted molar refractivity (Wildman–Crippen MR) is 71.6 cm³/mol. The maximum absolute atomic E-state index is 11.2. The van der Waals surface area contributed by atoms with Crippen LogP contribution in [0.4, 0.5) is 0 Å². The smallest absolute Gasteiger partial charge is 0.265 e. The average molecular weight is 276 g/mol. The highest BCUT2D eigenvalue weighted by Gasteiger charge is 2.20. The fraction of sp³-hybridized carbons (Fsp3) is 0.667. The van der Waals surface area contributed by atoms with Crippen LogP contribution in [0.15, 0.2) is 12.2 Å². The van der Waals surface area contributed by atoms with Gasteiger partial charge in [0.15, 0.2) is 0 Å². The van der Waals surface area contributed by atoms with Crippen LogP contribution >= 0.6 is 0 Å². The highest BCUT2D eigenvalue weighted by Crippen LogP contribution is 2.20. The van der Waals surface area contributed by atoms with E-state index in [0.29, 0.717) is 25.0 Å².